The Hall–Kier alpha value is -12.0. The average molecular weight is 2040 g/mol. The van der Waals surface area contributed by atoms with Gasteiger partial charge in [-0.05, 0) is 228 Å². The SMILES string of the molecule is CN(C(=O)OC(C)(C)C)c1c(C#N)c(Br)nn1[C@H]1CCN(C(=O)OC(C)(C)C)C1.CN(C(=O)OC(C)(C)C)c1c(C#N)c(C#Cc2cc3ncn(C4CC4)c3cc2F)nn1[C@H]1CCN(C(=O)OC(C)(C)C)C1.CN(C(=O)OC(C)(C)C)c1c(C(N)=O)c(C#Cc2cc3ncn(C4CC4)c3cc2F)nn1[C@H]1CCN(C(=O)OC(C)(C)C)C1.C[Si](C)(C)C#Cc1cc2ncn(C3CC3)c2cc1F.S.S.S. The molecule has 3 aliphatic heterocycles. The van der Waals surface area contributed by atoms with Crippen LogP contribution in [0, 0.1) is 75.3 Å². The highest BCUT2D eigenvalue weighted by atomic mass is 79.9. The predicted molar refractivity (Wildman–Crippen MR) is 538 cm³/mol. The molecular formula is C96H125BrF3N21O13S3Si. The average Bonchev–Trinajstić information content (AvgIpc) is 1.62. The van der Waals surface area contributed by atoms with Gasteiger partial charge in [-0.15, -0.1) is 5.54 Å². The van der Waals surface area contributed by atoms with E-state index in [2.05, 4.69) is 118 Å². The van der Waals surface area contributed by atoms with E-state index in [0.717, 1.165) is 41.6 Å². The van der Waals surface area contributed by atoms with Crippen molar-refractivity contribution >= 4 is 158 Å². The lowest BCUT2D eigenvalue weighted by Gasteiger charge is -2.27. The molecule has 138 heavy (non-hydrogen) atoms. The molecule has 0 radical (unpaired) electrons. The van der Waals surface area contributed by atoms with E-state index < -0.39 is 102 Å². The van der Waals surface area contributed by atoms with Crippen molar-refractivity contribution in [2.75, 3.05) is 75.1 Å². The number of nitrogens with two attached hydrogens (primary N) is 1. The molecule has 3 aromatic carbocycles. The van der Waals surface area contributed by atoms with Gasteiger partial charge in [-0.3, -0.25) is 19.5 Å². The van der Waals surface area contributed by atoms with Gasteiger partial charge >= 0.3 is 36.6 Å². The molecule has 9 aromatic rings. The van der Waals surface area contributed by atoms with E-state index in [0.29, 0.717) is 102 Å². The van der Waals surface area contributed by atoms with Crippen molar-refractivity contribution in [1.82, 2.24) is 72.7 Å². The summed E-state index contributed by atoms with van der Waals surface area (Å²) in [5.74, 6) is 12.7. The molecule has 2 N–H and O–H groups in total. The molecule has 0 unspecified atom stereocenters. The van der Waals surface area contributed by atoms with Crippen molar-refractivity contribution in [1.29, 1.82) is 10.5 Å². The Morgan fingerprint density at radius 1 is 0.413 bits per heavy atom. The van der Waals surface area contributed by atoms with E-state index in [9.17, 15) is 48.5 Å². The lowest BCUT2D eigenvalue weighted by Crippen LogP contribution is -2.37. The number of carbonyl (C=O) groups is 7. The number of hydrogen-bond donors (Lipinski definition) is 1. The Labute approximate surface area is 832 Å². The van der Waals surface area contributed by atoms with Crippen LogP contribution in [0.3, 0.4) is 0 Å². The van der Waals surface area contributed by atoms with Crippen molar-refractivity contribution in [2.45, 2.75) is 272 Å². The van der Waals surface area contributed by atoms with Crippen LogP contribution in [0.4, 0.5) is 59.4 Å². The largest absolute Gasteiger partial charge is 0.444 e. The Morgan fingerprint density at radius 2 is 0.703 bits per heavy atom. The number of primary amides is 1. The fourth-order valence-electron chi connectivity index (χ4n) is 15.0. The molecule has 6 aliphatic rings. The second kappa shape index (κ2) is 42.8. The highest BCUT2D eigenvalue weighted by Gasteiger charge is 2.42. The molecule has 9 heterocycles. The smallest absolute Gasteiger partial charge is 0.415 e. The summed E-state index contributed by atoms with van der Waals surface area (Å²) in [7, 11) is 2.98. The molecule has 742 valence electrons. The van der Waals surface area contributed by atoms with Crippen LogP contribution >= 0.6 is 56.4 Å². The highest BCUT2D eigenvalue weighted by Crippen LogP contribution is 2.43. The first-order chi connectivity index (χ1) is 62.8. The third kappa shape index (κ3) is 27.5. The number of fused-ring (bicyclic) bond motifs is 3. The van der Waals surface area contributed by atoms with Gasteiger partial charge in [0.1, 0.15) is 92.6 Å². The lowest BCUT2D eigenvalue weighted by atomic mass is 10.1. The van der Waals surface area contributed by atoms with Crippen LogP contribution < -0.4 is 20.4 Å². The highest BCUT2D eigenvalue weighted by molar-refractivity contribution is 9.10. The second-order valence-electron chi connectivity index (χ2n) is 41.3. The van der Waals surface area contributed by atoms with E-state index in [1.54, 1.807) is 155 Å². The van der Waals surface area contributed by atoms with E-state index >= 15 is 8.78 Å². The summed E-state index contributed by atoms with van der Waals surface area (Å²) in [6, 6.07) is 13.7. The number of halogens is 4. The van der Waals surface area contributed by atoms with Gasteiger partial charge in [-0.2, -0.15) is 66.3 Å². The fourth-order valence-corrected chi connectivity index (χ4v) is 15.9. The molecule has 3 aliphatic carbocycles. The van der Waals surface area contributed by atoms with Crippen LogP contribution in [0.25, 0.3) is 33.1 Å². The number of benzene rings is 3. The molecule has 3 saturated heterocycles. The third-order valence-electron chi connectivity index (χ3n) is 21.5. The minimum absolute atomic E-state index is 0. The molecule has 3 saturated carbocycles. The van der Waals surface area contributed by atoms with Crippen molar-refractivity contribution in [2.24, 2.45) is 5.73 Å². The van der Waals surface area contributed by atoms with Gasteiger partial charge in [0.05, 0.1) is 86.9 Å². The number of anilines is 3. The number of nitrogens with zero attached hydrogens (tertiary/aromatic N) is 20. The number of carbonyl (C=O) groups excluding carboxylic acids is 7. The number of likely N-dealkylation sites (tertiary alicyclic amines) is 3. The van der Waals surface area contributed by atoms with Gasteiger partial charge in [0.25, 0.3) is 5.91 Å². The summed E-state index contributed by atoms with van der Waals surface area (Å²) >= 11 is 3.30. The number of rotatable bonds is 10. The number of aromatic nitrogens is 12. The van der Waals surface area contributed by atoms with Crippen LogP contribution in [0.1, 0.15) is 268 Å². The topological polar surface area (TPSA) is 375 Å². The van der Waals surface area contributed by atoms with Gasteiger partial charge in [0.2, 0.25) is 0 Å². The maximum Gasteiger partial charge on any atom is 0.415 e. The molecule has 7 amide bonds. The predicted octanol–water partition coefficient (Wildman–Crippen LogP) is 18.4. The molecule has 34 nitrogen and oxygen atoms in total. The number of imidazole rings is 3. The van der Waals surface area contributed by atoms with E-state index in [-0.39, 0.29) is 122 Å². The van der Waals surface area contributed by atoms with E-state index in [1.807, 2.05) is 36.2 Å². The van der Waals surface area contributed by atoms with E-state index in [4.69, 9.17) is 34.2 Å². The van der Waals surface area contributed by atoms with Crippen molar-refractivity contribution < 1.29 is 75.2 Å². The maximum atomic E-state index is 15.2. The third-order valence-corrected chi connectivity index (χ3v) is 23.0. The molecule has 3 atom stereocenters. The number of hydrogen-bond acceptors (Lipinski definition) is 21. The maximum absolute atomic E-state index is 15.2. The number of ether oxygens (including phenoxy) is 6. The molecule has 15 rings (SSSR count). The molecule has 0 spiro atoms. The Bertz CT molecular complexity index is 6420. The zero-order chi connectivity index (χ0) is 99.2. The molecule has 0 bridgehead atoms. The van der Waals surface area contributed by atoms with Gasteiger partial charge in [0, 0.05) is 96.7 Å². The fraction of sp³-hybridized carbons (Fsp3) is 0.531. The molecule has 6 aromatic heterocycles. The molecular weight excluding hydrogens is 1920 g/mol. The summed E-state index contributed by atoms with van der Waals surface area (Å²) in [4.78, 5) is 111. The standard InChI is InChI=1S/C31H38FN7O5.C31H36FN7O4.C19H28BrN5O4.C15H17FN2Si.3H2S/c1-30(2,3)43-28(41)36(7)27-25(26(33)40)22(35-39(27)20-12-13-37(16-20)29(42)44-31(4,5)6)11-8-18-14-23-24(15-21(18)32)38(17-34-23)19-9-10-19;1-30(2,3)42-28(40)36(7)27-22(16-33)24(35-39(27)21-12-13-37(17-21)29(41)43-31(4,5)6)11-8-19-14-25-26(15-23(19)32)38(18-34-25)20-9-10-20;1-18(2,3)28-16(26)23(7)15-13(10-21)14(20)22-25(15)12-8-9-24(11-12)17(27)29-19(4,5)6;1-19(2,3)7-6-11-8-14-15(9-13(11)16)18(10-17-14)12-4-5-12;;;/h14-15,17,19-20H,9-10,12-13,16H2,1-7H3,(H2,33,40);14-15,18,20-21H,9-10,12-13,17H2,1-7H3;12H,8-9,11H2,1-7H3;8-10,12H,4-5H2,1-3H3;3*1H2/t20-;21-;12-;;;;/m000..../s1. The van der Waals surface area contributed by atoms with Gasteiger partial charge < -0.3 is 62.6 Å². The Morgan fingerprint density at radius 3 is 1.01 bits per heavy atom. The summed E-state index contributed by atoms with van der Waals surface area (Å²) in [6.45, 7) is 40.4. The normalized spacial score (nSPS) is 16.4. The first-order valence-corrected chi connectivity index (χ1v) is 49.2. The summed E-state index contributed by atoms with van der Waals surface area (Å²) in [6.07, 6.45) is 9.95. The first kappa shape index (κ1) is 110. The van der Waals surface area contributed by atoms with Gasteiger partial charge in [-0.1, -0.05) is 37.4 Å². The van der Waals surface area contributed by atoms with Crippen molar-refractivity contribution in [3.63, 3.8) is 0 Å². The Kier molecular flexibility index (Phi) is 34.0. The number of amides is 7. The lowest BCUT2D eigenvalue weighted by molar-refractivity contribution is 0.0278. The number of nitriles is 2. The van der Waals surface area contributed by atoms with Crippen molar-refractivity contribution in [3.05, 3.63) is 122 Å². The van der Waals surface area contributed by atoms with Gasteiger partial charge in [-0.25, -0.2) is 70.9 Å². The zero-order valence-electron chi connectivity index (χ0n) is 82.6. The van der Waals surface area contributed by atoms with Crippen LogP contribution in [0.2, 0.25) is 19.6 Å². The Balaban J connectivity index is 0.000000213. The monoisotopic (exact) mass is 2040 g/mol. The van der Waals surface area contributed by atoms with Crippen molar-refractivity contribution in [3.8, 4) is 47.3 Å². The summed E-state index contributed by atoms with van der Waals surface area (Å²) in [5, 5.41) is 33.4. The zero-order valence-corrected chi connectivity index (χ0v) is 88.2. The summed E-state index contributed by atoms with van der Waals surface area (Å²) in [5.41, 5.74) is 10.0. The molecule has 42 heteroatoms. The van der Waals surface area contributed by atoms with Crippen LogP contribution in [-0.4, -0.2) is 217 Å². The van der Waals surface area contributed by atoms with Crippen LogP contribution in [0.15, 0.2) is 60.0 Å². The minimum atomic E-state index is -1.49. The molecule has 6 fully saturated rings. The van der Waals surface area contributed by atoms with E-state index in [1.165, 1.54) is 70.2 Å². The van der Waals surface area contributed by atoms with Crippen LogP contribution in [0.5, 0.6) is 0 Å². The van der Waals surface area contributed by atoms with Crippen LogP contribution in [-0.2, 0) is 28.4 Å². The minimum Gasteiger partial charge on any atom is -0.444 e. The summed E-state index contributed by atoms with van der Waals surface area (Å²) < 4.78 is 88.5. The first-order valence-electron chi connectivity index (χ1n) is 44.9. The second-order valence-corrected chi connectivity index (χ2v) is 46.8. The van der Waals surface area contributed by atoms with Gasteiger partial charge in [0.15, 0.2) is 28.8 Å². The quantitative estimate of drug-likeness (QED) is 0.0755.